The Morgan fingerprint density at radius 3 is 2.41 bits per heavy atom. The molecule has 0 saturated carbocycles. The molecule has 0 aliphatic carbocycles. The molecule has 0 heterocycles. The van der Waals surface area contributed by atoms with Gasteiger partial charge in [-0.1, -0.05) is 41.4 Å². The number of aryl methyl sites for hydroxylation is 1. The highest BCUT2D eigenvalue weighted by molar-refractivity contribution is 7.92. The smallest absolute Gasteiger partial charge is 0.264 e. The Balaban J connectivity index is 2.40. The number of halogens is 1. The first-order valence-corrected chi connectivity index (χ1v) is 10.2. The van der Waals surface area contributed by atoms with Gasteiger partial charge in [0, 0.05) is 13.2 Å². The Hall–Kier alpha value is -2.09. The van der Waals surface area contributed by atoms with Crippen LogP contribution in [0.2, 0.25) is 5.02 Å². The molecule has 0 saturated heterocycles. The Morgan fingerprint density at radius 1 is 1.19 bits per heavy atom. The lowest BCUT2D eigenvalue weighted by Gasteiger charge is -2.25. The summed E-state index contributed by atoms with van der Waals surface area (Å²) in [5.41, 5.74) is 1.18. The van der Waals surface area contributed by atoms with Gasteiger partial charge >= 0.3 is 0 Å². The van der Waals surface area contributed by atoms with E-state index in [9.17, 15) is 13.2 Å². The molecule has 1 atom stereocenters. The molecule has 0 unspecified atom stereocenters. The third kappa shape index (κ3) is 5.45. The number of amides is 1. The molecule has 6 nitrogen and oxygen atoms in total. The SMILES string of the molecule is COC[C@@H](C)NC(=O)CN(c1ccccc1Cl)S(=O)(=O)c1ccc(C)cc1. The van der Waals surface area contributed by atoms with E-state index in [0.717, 1.165) is 9.87 Å². The van der Waals surface area contributed by atoms with Crippen molar-refractivity contribution in [1.82, 2.24) is 5.32 Å². The van der Waals surface area contributed by atoms with Gasteiger partial charge in [-0.15, -0.1) is 0 Å². The fourth-order valence-corrected chi connectivity index (χ4v) is 4.26. The highest BCUT2D eigenvalue weighted by atomic mass is 35.5. The molecule has 146 valence electrons. The van der Waals surface area contributed by atoms with E-state index in [1.54, 1.807) is 43.3 Å². The maximum absolute atomic E-state index is 13.2. The number of nitrogens with zero attached hydrogens (tertiary/aromatic N) is 1. The Kier molecular flexibility index (Phi) is 7.24. The van der Waals surface area contributed by atoms with Crippen LogP contribution in [-0.2, 0) is 19.6 Å². The molecule has 0 bridgehead atoms. The summed E-state index contributed by atoms with van der Waals surface area (Å²) in [6, 6.07) is 12.7. The number of benzene rings is 2. The minimum atomic E-state index is -3.98. The monoisotopic (exact) mass is 410 g/mol. The number of carbonyl (C=O) groups is 1. The second-order valence-corrected chi connectivity index (χ2v) is 8.47. The van der Waals surface area contributed by atoms with Gasteiger partial charge in [-0.2, -0.15) is 0 Å². The topological polar surface area (TPSA) is 75.7 Å². The summed E-state index contributed by atoms with van der Waals surface area (Å²) in [5, 5.41) is 2.96. The van der Waals surface area contributed by atoms with E-state index in [2.05, 4.69) is 5.32 Å². The molecule has 0 radical (unpaired) electrons. The molecule has 2 rings (SSSR count). The van der Waals surface area contributed by atoms with Crippen LogP contribution in [0.5, 0.6) is 0 Å². The first-order chi connectivity index (χ1) is 12.8. The van der Waals surface area contributed by atoms with Gasteiger partial charge < -0.3 is 10.1 Å². The molecular weight excluding hydrogens is 388 g/mol. The Bertz CT molecular complexity index is 885. The molecule has 0 aromatic heterocycles. The van der Waals surface area contributed by atoms with Gasteiger partial charge in [-0.3, -0.25) is 9.10 Å². The number of hydrogen-bond acceptors (Lipinski definition) is 4. The fourth-order valence-electron chi connectivity index (χ4n) is 2.53. The number of anilines is 1. The summed E-state index contributed by atoms with van der Waals surface area (Å²) in [6.45, 7) is 3.57. The average molecular weight is 411 g/mol. The van der Waals surface area contributed by atoms with Gasteiger partial charge in [0.15, 0.2) is 0 Å². The number of ether oxygens (including phenoxy) is 1. The predicted molar refractivity (Wildman–Crippen MR) is 107 cm³/mol. The van der Waals surface area contributed by atoms with Gasteiger partial charge in [-0.25, -0.2) is 8.42 Å². The molecule has 1 N–H and O–H groups in total. The number of rotatable bonds is 8. The van der Waals surface area contributed by atoms with Crippen LogP contribution in [0, 0.1) is 6.92 Å². The Labute approximate surface area is 165 Å². The molecule has 0 aliphatic rings. The summed E-state index contributed by atoms with van der Waals surface area (Å²) < 4.78 is 32.4. The maximum Gasteiger partial charge on any atom is 0.264 e. The van der Waals surface area contributed by atoms with Gasteiger partial charge in [0.05, 0.1) is 22.2 Å². The number of sulfonamides is 1. The van der Waals surface area contributed by atoms with Crippen LogP contribution in [0.3, 0.4) is 0 Å². The van der Waals surface area contributed by atoms with Crippen LogP contribution in [-0.4, -0.2) is 40.6 Å². The van der Waals surface area contributed by atoms with Crippen molar-refractivity contribution in [3.8, 4) is 0 Å². The van der Waals surface area contributed by atoms with E-state index in [1.807, 2.05) is 6.92 Å². The van der Waals surface area contributed by atoms with Crippen LogP contribution < -0.4 is 9.62 Å². The van der Waals surface area contributed by atoms with Gasteiger partial charge in [0.1, 0.15) is 6.54 Å². The largest absolute Gasteiger partial charge is 0.383 e. The third-order valence-corrected chi connectivity index (χ3v) is 5.93. The molecule has 0 spiro atoms. The maximum atomic E-state index is 13.2. The molecule has 8 heteroatoms. The van der Waals surface area contributed by atoms with Gasteiger partial charge in [0.2, 0.25) is 5.91 Å². The minimum Gasteiger partial charge on any atom is -0.383 e. The van der Waals surface area contributed by atoms with E-state index in [4.69, 9.17) is 16.3 Å². The molecule has 27 heavy (non-hydrogen) atoms. The fraction of sp³-hybridized carbons (Fsp3) is 0.316. The normalized spacial score (nSPS) is 12.4. The first kappa shape index (κ1) is 21.2. The second-order valence-electron chi connectivity index (χ2n) is 6.20. The van der Waals surface area contributed by atoms with Crippen molar-refractivity contribution in [1.29, 1.82) is 0 Å². The molecule has 1 amide bonds. The van der Waals surface area contributed by atoms with Crippen LogP contribution in [0.1, 0.15) is 12.5 Å². The number of hydrogen-bond donors (Lipinski definition) is 1. The summed E-state index contributed by atoms with van der Waals surface area (Å²) >= 11 is 6.22. The van der Waals surface area contributed by atoms with E-state index in [-0.39, 0.29) is 21.6 Å². The van der Waals surface area contributed by atoms with E-state index in [1.165, 1.54) is 19.2 Å². The third-order valence-electron chi connectivity index (χ3n) is 3.84. The highest BCUT2D eigenvalue weighted by Crippen LogP contribution is 2.30. The van der Waals surface area contributed by atoms with Crippen molar-refractivity contribution in [2.24, 2.45) is 0 Å². The lowest BCUT2D eigenvalue weighted by atomic mass is 10.2. The zero-order valence-corrected chi connectivity index (χ0v) is 17.0. The van der Waals surface area contributed by atoms with Crippen LogP contribution in [0.4, 0.5) is 5.69 Å². The molecule has 2 aromatic rings. The standard InChI is InChI=1S/C19H23ClN2O4S/c1-14-8-10-16(11-9-14)27(24,25)22(18-7-5-4-6-17(18)20)12-19(23)21-15(2)13-26-3/h4-11,15H,12-13H2,1-3H3,(H,21,23)/t15-/m1/s1. The molecule has 0 aliphatic heterocycles. The summed E-state index contributed by atoms with van der Waals surface area (Å²) in [7, 11) is -2.45. The zero-order valence-electron chi connectivity index (χ0n) is 15.5. The average Bonchev–Trinajstić information content (AvgIpc) is 2.61. The summed E-state index contributed by atoms with van der Waals surface area (Å²) in [4.78, 5) is 12.5. The van der Waals surface area contributed by atoms with Crippen molar-refractivity contribution in [2.75, 3.05) is 24.6 Å². The number of nitrogens with one attached hydrogen (secondary N) is 1. The van der Waals surface area contributed by atoms with Crippen LogP contribution >= 0.6 is 11.6 Å². The summed E-state index contributed by atoms with van der Waals surface area (Å²) in [5.74, 6) is -0.449. The predicted octanol–water partition coefficient (Wildman–Crippen LogP) is 2.99. The number of methoxy groups -OCH3 is 1. The summed E-state index contributed by atoms with van der Waals surface area (Å²) in [6.07, 6.45) is 0. The Morgan fingerprint density at radius 2 is 1.81 bits per heavy atom. The van der Waals surface area contributed by atoms with Gasteiger partial charge in [-0.05, 0) is 38.1 Å². The first-order valence-electron chi connectivity index (χ1n) is 8.38. The van der Waals surface area contributed by atoms with Gasteiger partial charge in [0.25, 0.3) is 10.0 Å². The van der Waals surface area contributed by atoms with Crippen molar-refractivity contribution in [2.45, 2.75) is 24.8 Å². The molecule has 2 aromatic carbocycles. The zero-order chi connectivity index (χ0) is 20.0. The number of carbonyl (C=O) groups excluding carboxylic acids is 1. The second kappa shape index (κ2) is 9.21. The van der Waals surface area contributed by atoms with Crippen molar-refractivity contribution < 1.29 is 17.9 Å². The van der Waals surface area contributed by atoms with Crippen molar-refractivity contribution in [3.05, 3.63) is 59.1 Å². The molecular formula is C19H23ClN2O4S. The lowest BCUT2D eigenvalue weighted by Crippen LogP contribution is -2.44. The van der Waals surface area contributed by atoms with Crippen molar-refractivity contribution in [3.63, 3.8) is 0 Å². The van der Waals surface area contributed by atoms with E-state index >= 15 is 0 Å². The highest BCUT2D eigenvalue weighted by Gasteiger charge is 2.28. The van der Waals surface area contributed by atoms with Crippen LogP contribution in [0.25, 0.3) is 0 Å². The lowest BCUT2D eigenvalue weighted by molar-refractivity contribution is -0.120. The van der Waals surface area contributed by atoms with Crippen molar-refractivity contribution >= 4 is 33.2 Å². The van der Waals surface area contributed by atoms with E-state index < -0.39 is 22.5 Å². The van der Waals surface area contributed by atoms with E-state index in [0.29, 0.717) is 6.61 Å². The number of para-hydroxylation sites is 1. The quantitative estimate of drug-likeness (QED) is 0.725. The molecule has 0 fully saturated rings. The van der Waals surface area contributed by atoms with Crippen LogP contribution in [0.15, 0.2) is 53.4 Å². The minimum absolute atomic E-state index is 0.0887.